The topological polar surface area (TPSA) is 83.9 Å². The Morgan fingerprint density at radius 3 is 2.65 bits per heavy atom. The fourth-order valence-electron chi connectivity index (χ4n) is 1.39. The van der Waals surface area contributed by atoms with Crippen LogP contribution in [0.15, 0.2) is 22.1 Å². The molecule has 0 atom stereocenters. The zero-order chi connectivity index (χ0) is 15.3. The molecule has 0 saturated carbocycles. The van der Waals surface area contributed by atoms with Crippen LogP contribution in [0.4, 0.5) is 8.96 Å². The predicted molar refractivity (Wildman–Crippen MR) is 72.3 cm³/mol. The van der Waals surface area contributed by atoms with Crippen molar-refractivity contribution in [1.82, 2.24) is 10.3 Å². The molecule has 0 amide bonds. The summed E-state index contributed by atoms with van der Waals surface area (Å²) in [5.74, 6) is -0.694. The number of amidine groups is 2. The lowest BCUT2D eigenvalue weighted by Crippen LogP contribution is -2.25. The van der Waals surface area contributed by atoms with E-state index in [0.29, 0.717) is 0 Å². The van der Waals surface area contributed by atoms with Gasteiger partial charge >= 0.3 is 0 Å². The monoisotopic (exact) mass is 303 g/mol. The molecule has 1 heterocycles. The highest BCUT2D eigenvalue weighted by atomic mass is 35.5. The van der Waals surface area contributed by atoms with Gasteiger partial charge in [0.05, 0.1) is 0 Å². The van der Waals surface area contributed by atoms with Crippen LogP contribution >= 0.6 is 11.6 Å². The maximum atomic E-state index is 12.1. The molecule has 0 aromatic carbocycles. The van der Waals surface area contributed by atoms with Crippen molar-refractivity contribution in [3.05, 3.63) is 28.5 Å². The molecule has 0 radical (unpaired) electrons. The van der Waals surface area contributed by atoms with Crippen LogP contribution in [0.1, 0.15) is 23.0 Å². The van der Waals surface area contributed by atoms with Crippen molar-refractivity contribution in [2.24, 2.45) is 15.7 Å². The summed E-state index contributed by atoms with van der Waals surface area (Å²) in [6.07, 6.45) is 0. The van der Waals surface area contributed by atoms with E-state index in [2.05, 4.69) is 15.0 Å². The van der Waals surface area contributed by atoms with Gasteiger partial charge < -0.3 is 5.73 Å². The maximum Gasteiger partial charge on any atom is 0.175 e. The van der Waals surface area contributed by atoms with Gasteiger partial charge in [0.25, 0.3) is 0 Å². The first kappa shape index (κ1) is 16.1. The number of aromatic nitrogens is 1. The minimum absolute atomic E-state index is 0.0444. The van der Waals surface area contributed by atoms with Crippen molar-refractivity contribution in [2.45, 2.75) is 6.92 Å². The van der Waals surface area contributed by atoms with E-state index in [9.17, 15) is 13.8 Å². The summed E-state index contributed by atoms with van der Waals surface area (Å²) in [4.78, 5) is 23.0. The summed E-state index contributed by atoms with van der Waals surface area (Å²) in [6.45, 7) is 0.481. The first-order valence-corrected chi connectivity index (χ1v) is 5.79. The molecule has 20 heavy (non-hydrogen) atoms. The Kier molecular flexibility index (Phi) is 5.66. The molecule has 1 rings (SSSR count). The highest BCUT2D eigenvalue weighted by Crippen LogP contribution is 2.14. The van der Waals surface area contributed by atoms with Crippen molar-refractivity contribution in [3.63, 3.8) is 0 Å². The SMILES string of the molecule is CN=C(N=C(N)CN(F)F)c1nc(Cl)ccc1C(C)=O. The molecule has 2 N–H and O–H groups in total. The number of ketones is 1. The van der Waals surface area contributed by atoms with Gasteiger partial charge in [0.2, 0.25) is 0 Å². The number of halogens is 3. The van der Waals surface area contributed by atoms with Crippen LogP contribution in [0.5, 0.6) is 0 Å². The third-order valence-corrected chi connectivity index (χ3v) is 2.41. The Morgan fingerprint density at radius 1 is 1.50 bits per heavy atom. The van der Waals surface area contributed by atoms with Gasteiger partial charge in [-0.15, -0.1) is 8.96 Å². The van der Waals surface area contributed by atoms with Crippen LogP contribution < -0.4 is 5.73 Å². The van der Waals surface area contributed by atoms with E-state index < -0.39 is 11.9 Å². The number of nitrogens with two attached hydrogens (primary N) is 1. The zero-order valence-corrected chi connectivity index (χ0v) is 11.5. The molecule has 0 fully saturated rings. The highest BCUT2D eigenvalue weighted by molar-refractivity contribution is 6.29. The zero-order valence-electron chi connectivity index (χ0n) is 10.8. The Labute approximate surface area is 118 Å². The lowest BCUT2D eigenvalue weighted by atomic mass is 10.1. The molecule has 0 saturated heterocycles. The predicted octanol–water partition coefficient (Wildman–Crippen LogP) is 1.74. The second-order valence-corrected chi connectivity index (χ2v) is 4.08. The molecule has 0 aliphatic carbocycles. The summed E-state index contributed by atoms with van der Waals surface area (Å²) in [7, 11) is 1.38. The average molecular weight is 304 g/mol. The van der Waals surface area contributed by atoms with E-state index in [-0.39, 0.29) is 33.9 Å². The van der Waals surface area contributed by atoms with E-state index in [0.717, 1.165) is 0 Å². The molecule has 9 heteroatoms. The van der Waals surface area contributed by atoms with Crippen LogP contribution in [-0.4, -0.2) is 41.4 Å². The second kappa shape index (κ2) is 7.01. The average Bonchev–Trinajstić information content (AvgIpc) is 2.34. The number of hydrogen-bond acceptors (Lipinski definition) is 4. The standard InChI is InChI=1S/C11H12ClF2N5O/c1-6(20)7-3-4-8(12)17-10(7)11(16-2)18-9(15)5-19(13)14/h3-4H,5H2,1-2H3,(H2,15,16,18). The van der Waals surface area contributed by atoms with E-state index >= 15 is 0 Å². The third kappa shape index (κ3) is 4.32. The van der Waals surface area contributed by atoms with Crippen LogP contribution in [0.2, 0.25) is 5.15 Å². The molecular weight excluding hydrogens is 292 g/mol. The molecule has 6 nitrogen and oxygen atoms in total. The number of carbonyl (C=O) groups excluding carboxylic acids is 1. The Hall–Kier alpha value is -1.93. The molecule has 1 aromatic heterocycles. The summed E-state index contributed by atoms with van der Waals surface area (Å²) < 4.78 is 24.1. The second-order valence-electron chi connectivity index (χ2n) is 3.70. The van der Waals surface area contributed by atoms with Gasteiger partial charge in [-0.1, -0.05) is 11.6 Å². The number of nitrogens with zero attached hydrogens (tertiary/aromatic N) is 4. The molecule has 1 aromatic rings. The molecule has 0 unspecified atom stereocenters. The van der Waals surface area contributed by atoms with E-state index in [1.165, 1.54) is 26.1 Å². The maximum absolute atomic E-state index is 12.1. The van der Waals surface area contributed by atoms with Crippen LogP contribution in [0.3, 0.4) is 0 Å². The van der Waals surface area contributed by atoms with E-state index in [1.54, 1.807) is 0 Å². The Morgan fingerprint density at radius 2 is 2.15 bits per heavy atom. The molecule has 0 aliphatic heterocycles. The third-order valence-electron chi connectivity index (χ3n) is 2.20. The van der Waals surface area contributed by atoms with Gasteiger partial charge in [0, 0.05) is 18.0 Å². The van der Waals surface area contributed by atoms with E-state index in [1.807, 2.05) is 0 Å². The lowest BCUT2D eigenvalue weighted by Gasteiger charge is -2.07. The number of carbonyl (C=O) groups is 1. The largest absolute Gasteiger partial charge is 0.386 e. The number of Topliss-reactive ketones (excluding diaryl/α,β-unsaturated/α-hetero) is 1. The Bertz CT molecular complexity index is 574. The quantitative estimate of drug-likeness (QED) is 0.302. The van der Waals surface area contributed by atoms with Gasteiger partial charge in [-0.3, -0.25) is 9.79 Å². The van der Waals surface area contributed by atoms with E-state index in [4.69, 9.17) is 17.3 Å². The number of pyridine rings is 1. The molecule has 108 valence electrons. The summed E-state index contributed by atoms with van der Waals surface area (Å²) in [5.41, 5.74) is 5.68. The number of hydrogen-bond donors (Lipinski definition) is 1. The van der Waals surface area contributed by atoms with Crippen LogP contribution in [-0.2, 0) is 0 Å². The highest BCUT2D eigenvalue weighted by Gasteiger charge is 2.15. The minimum atomic E-state index is -1.12. The van der Waals surface area contributed by atoms with Gasteiger partial charge in [-0.05, 0) is 19.1 Å². The van der Waals surface area contributed by atoms with Gasteiger partial charge in [-0.25, -0.2) is 9.98 Å². The lowest BCUT2D eigenvalue weighted by molar-refractivity contribution is -0.138. The molecule has 0 aliphatic rings. The summed E-state index contributed by atoms with van der Waals surface area (Å²) >= 11 is 5.76. The minimum Gasteiger partial charge on any atom is -0.386 e. The van der Waals surface area contributed by atoms with Gasteiger partial charge in [0.15, 0.2) is 11.6 Å². The molecular formula is C11H12ClF2N5O. The van der Waals surface area contributed by atoms with Crippen LogP contribution in [0.25, 0.3) is 0 Å². The van der Waals surface area contributed by atoms with Gasteiger partial charge in [-0.2, -0.15) is 0 Å². The van der Waals surface area contributed by atoms with Crippen LogP contribution in [0, 0.1) is 0 Å². The number of aliphatic imine (C=N–C) groups is 2. The molecule has 0 bridgehead atoms. The first-order valence-electron chi connectivity index (χ1n) is 5.42. The first-order chi connectivity index (χ1) is 9.35. The summed E-state index contributed by atoms with van der Waals surface area (Å²) in [5, 5.41) is -0.999. The summed E-state index contributed by atoms with van der Waals surface area (Å²) in [6, 6.07) is 2.90. The van der Waals surface area contributed by atoms with Gasteiger partial charge in [0.1, 0.15) is 23.2 Å². The fourth-order valence-corrected chi connectivity index (χ4v) is 1.54. The smallest absolute Gasteiger partial charge is 0.175 e. The normalized spacial score (nSPS) is 12.9. The van der Waals surface area contributed by atoms with Crippen molar-refractivity contribution in [2.75, 3.05) is 13.6 Å². The van der Waals surface area contributed by atoms with Crippen molar-refractivity contribution < 1.29 is 13.8 Å². The fraction of sp³-hybridized carbons (Fsp3) is 0.273. The molecule has 0 spiro atoms. The Balaban J connectivity index is 3.26. The number of rotatable bonds is 4. The van der Waals surface area contributed by atoms with Crippen molar-refractivity contribution in [3.8, 4) is 0 Å². The van der Waals surface area contributed by atoms with Crippen molar-refractivity contribution in [1.29, 1.82) is 0 Å². The van der Waals surface area contributed by atoms with Crippen molar-refractivity contribution >= 4 is 29.1 Å².